The van der Waals surface area contributed by atoms with Crippen LogP contribution in [-0.4, -0.2) is 25.6 Å². The summed E-state index contributed by atoms with van der Waals surface area (Å²) in [5.74, 6) is -0.240. The fraction of sp³-hybridized carbons (Fsp3) is 0.273. The fourth-order valence-electron chi connectivity index (χ4n) is 3.64. The minimum absolute atomic E-state index is 0.0495. The van der Waals surface area contributed by atoms with Gasteiger partial charge in [-0.3, -0.25) is 4.79 Å². The number of benzene rings is 2. The Hall–Kier alpha value is -2.57. The van der Waals surface area contributed by atoms with Gasteiger partial charge in [-0.25, -0.2) is 4.79 Å². The van der Waals surface area contributed by atoms with Gasteiger partial charge < -0.3 is 14.8 Å². The highest BCUT2D eigenvalue weighted by molar-refractivity contribution is 7.21. The number of thiophene rings is 1. The van der Waals surface area contributed by atoms with Crippen LogP contribution in [0.1, 0.15) is 39.7 Å². The third kappa shape index (κ3) is 4.09. The fourth-order valence-corrected chi connectivity index (χ4v) is 5.07. The van der Waals surface area contributed by atoms with Crippen molar-refractivity contribution in [3.8, 4) is 5.75 Å². The van der Waals surface area contributed by atoms with E-state index in [9.17, 15) is 9.59 Å². The lowest BCUT2D eigenvalue weighted by molar-refractivity contribution is -0.125. The zero-order chi connectivity index (χ0) is 20.4. The van der Waals surface area contributed by atoms with E-state index in [1.165, 1.54) is 16.9 Å². The number of halogens is 1. The topological polar surface area (TPSA) is 64.6 Å². The molecule has 1 aromatic heterocycles. The van der Waals surface area contributed by atoms with Crippen molar-refractivity contribution in [3.63, 3.8) is 0 Å². The monoisotopic (exact) mass is 429 g/mol. The summed E-state index contributed by atoms with van der Waals surface area (Å²) in [6, 6.07) is 13.5. The van der Waals surface area contributed by atoms with Gasteiger partial charge in [-0.15, -0.1) is 11.3 Å². The summed E-state index contributed by atoms with van der Waals surface area (Å²) in [5.41, 5.74) is 2.40. The van der Waals surface area contributed by atoms with Gasteiger partial charge in [0, 0.05) is 10.1 Å². The lowest BCUT2D eigenvalue weighted by Crippen LogP contribution is -2.34. The van der Waals surface area contributed by atoms with Crippen molar-refractivity contribution in [1.29, 1.82) is 0 Å². The Morgan fingerprint density at radius 3 is 2.90 bits per heavy atom. The van der Waals surface area contributed by atoms with Gasteiger partial charge in [0.05, 0.1) is 18.2 Å². The largest absolute Gasteiger partial charge is 0.497 e. The number of methoxy groups -OCH3 is 1. The van der Waals surface area contributed by atoms with Crippen molar-refractivity contribution in [2.45, 2.75) is 25.3 Å². The standard InChI is InChI=1S/C22H20ClNO4S/c1-27-14-9-10-16-18(11-14)29-21(20(16)23)22(26)28-12-19(25)24-17-8-4-6-13-5-2-3-7-15(13)17/h2-3,5,7,9-11,17H,4,6,8,12H2,1H3,(H,24,25). The Bertz CT molecular complexity index is 1080. The number of amides is 1. The zero-order valence-electron chi connectivity index (χ0n) is 15.9. The normalized spacial score (nSPS) is 15.6. The second kappa shape index (κ2) is 8.43. The SMILES string of the molecule is COc1ccc2c(Cl)c(C(=O)OCC(=O)NC3CCCc4ccccc43)sc2c1. The zero-order valence-corrected chi connectivity index (χ0v) is 17.4. The summed E-state index contributed by atoms with van der Waals surface area (Å²) in [5, 5.41) is 4.07. The van der Waals surface area contributed by atoms with E-state index in [0.717, 1.165) is 34.9 Å². The first-order valence-electron chi connectivity index (χ1n) is 9.37. The van der Waals surface area contributed by atoms with E-state index in [0.29, 0.717) is 10.8 Å². The number of ether oxygens (including phenoxy) is 2. The van der Waals surface area contributed by atoms with Crippen LogP contribution in [0.3, 0.4) is 0 Å². The third-order valence-electron chi connectivity index (χ3n) is 5.06. The number of esters is 1. The van der Waals surface area contributed by atoms with Gasteiger partial charge in [0.15, 0.2) is 6.61 Å². The molecule has 29 heavy (non-hydrogen) atoms. The van der Waals surface area contributed by atoms with Crippen LogP contribution < -0.4 is 10.1 Å². The summed E-state index contributed by atoms with van der Waals surface area (Å²) in [7, 11) is 1.58. The quantitative estimate of drug-likeness (QED) is 0.585. The molecular formula is C22H20ClNO4S. The van der Waals surface area contributed by atoms with Crippen molar-refractivity contribution in [3.05, 3.63) is 63.5 Å². The lowest BCUT2D eigenvalue weighted by Gasteiger charge is -2.26. The maximum atomic E-state index is 12.5. The molecule has 1 amide bonds. The van der Waals surface area contributed by atoms with Crippen LogP contribution in [0.25, 0.3) is 10.1 Å². The second-order valence-electron chi connectivity index (χ2n) is 6.89. The first-order chi connectivity index (χ1) is 14.1. The van der Waals surface area contributed by atoms with Crippen molar-refractivity contribution in [1.82, 2.24) is 5.32 Å². The molecule has 2 aromatic carbocycles. The molecule has 1 heterocycles. The van der Waals surface area contributed by atoms with Crippen molar-refractivity contribution >= 4 is 44.9 Å². The molecule has 1 aliphatic carbocycles. The van der Waals surface area contributed by atoms with Crippen molar-refractivity contribution in [2.24, 2.45) is 0 Å². The molecular weight excluding hydrogens is 410 g/mol. The van der Waals surface area contributed by atoms with Gasteiger partial charge in [-0.1, -0.05) is 35.9 Å². The molecule has 1 N–H and O–H groups in total. The Balaban J connectivity index is 1.40. The summed E-state index contributed by atoms with van der Waals surface area (Å²) in [4.78, 5) is 25.1. The average Bonchev–Trinajstić information content (AvgIpc) is 3.08. The van der Waals surface area contributed by atoms with E-state index in [1.807, 2.05) is 24.3 Å². The molecule has 5 nitrogen and oxygen atoms in total. The number of nitrogens with one attached hydrogen (secondary N) is 1. The van der Waals surface area contributed by atoms with Crippen LogP contribution >= 0.6 is 22.9 Å². The van der Waals surface area contributed by atoms with Crippen LogP contribution in [0, 0.1) is 0 Å². The molecule has 0 saturated heterocycles. The van der Waals surface area contributed by atoms with Crippen LogP contribution in [-0.2, 0) is 16.0 Å². The lowest BCUT2D eigenvalue weighted by atomic mass is 9.88. The van der Waals surface area contributed by atoms with E-state index in [1.54, 1.807) is 19.2 Å². The van der Waals surface area contributed by atoms with E-state index < -0.39 is 5.97 Å². The Morgan fingerprint density at radius 1 is 1.24 bits per heavy atom. The van der Waals surface area contributed by atoms with Gasteiger partial charge in [0.2, 0.25) is 0 Å². The predicted molar refractivity (Wildman–Crippen MR) is 114 cm³/mol. The number of fused-ring (bicyclic) bond motifs is 2. The minimum atomic E-state index is -0.602. The number of aryl methyl sites for hydroxylation is 1. The van der Waals surface area contributed by atoms with Gasteiger partial charge in [-0.2, -0.15) is 0 Å². The van der Waals surface area contributed by atoms with Crippen LogP contribution in [0.2, 0.25) is 5.02 Å². The highest BCUT2D eigenvalue weighted by atomic mass is 35.5. The second-order valence-corrected chi connectivity index (χ2v) is 8.32. The highest BCUT2D eigenvalue weighted by Gasteiger charge is 2.23. The van der Waals surface area contributed by atoms with Crippen LogP contribution in [0.15, 0.2) is 42.5 Å². The molecule has 3 aromatic rings. The first kappa shape index (κ1) is 19.7. The number of rotatable bonds is 5. The smallest absolute Gasteiger partial charge is 0.350 e. The molecule has 0 bridgehead atoms. The number of carbonyl (C=O) groups excluding carboxylic acids is 2. The molecule has 0 aliphatic heterocycles. The first-order valence-corrected chi connectivity index (χ1v) is 10.6. The molecule has 4 rings (SSSR count). The van der Waals surface area contributed by atoms with Gasteiger partial charge in [0.1, 0.15) is 10.6 Å². The summed E-state index contributed by atoms with van der Waals surface area (Å²) >= 11 is 7.56. The third-order valence-corrected chi connectivity index (χ3v) is 6.70. The summed E-state index contributed by atoms with van der Waals surface area (Å²) in [6.07, 6.45) is 2.91. The maximum Gasteiger partial charge on any atom is 0.350 e. The highest BCUT2D eigenvalue weighted by Crippen LogP contribution is 2.37. The molecule has 150 valence electrons. The summed E-state index contributed by atoms with van der Waals surface area (Å²) < 4.78 is 11.3. The molecule has 7 heteroatoms. The number of carbonyl (C=O) groups is 2. The Morgan fingerprint density at radius 2 is 2.07 bits per heavy atom. The predicted octanol–water partition coefficient (Wildman–Crippen LogP) is 4.91. The van der Waals surface area contributed by atoms with E-state index in [-0.39, 0.29) is 23.4 Å². The van der Waals surface area contributed by atoms with Crippen LogP contribution in [0.4, 0.5) is 0 Å². The number of hydrogen-bond donors (Lipinski definition) is 1. The van der Waals surface area contributed by atoms with E-state index in [2.05, 4.69) is 11.4 Å². The van der Waals surface area contributed by atoms with E-state index in [4.69, 9.17) is 21.1 Å². The van der Waals surface area contributed by atoms with Crippen molar-refractivity contribution < 1.29 is 19.1 Å². The van der Waals surface area contributed by atoms with Crippen molar-refractivity contribution in [2.75, 3.05) is 13.7 Å². The molecule has 0 spiro atoms. The Labute approximate surface area is 177 Å². The van der Waals surface area contributed by atoms with Gasteiger partial charge in [0.25, 0.3) is 5.91 Å². The van der Waals surface area contributed by atoms with Gasteiger partial charge >= 0.3 is 5.97 Å². The average molecular weight is 430 g/mol. The molecule has 0 radical (unpaired) electrons. The number of hydrogen-bond acceptors (Lipinski definition) is 5. The molecule has 1 atom stereocenters. The summed E-state index contributed by atoms with van der Waals surface area (Å²) in [6.45, 7) is -0.342. The minimum Gasteiger partial charge on any atom is -0.497 e. The van der Waals surface area contributed by atoms with E-state index >= 15 is 0 Å². The molecule has 0 fully saturated rings. The Kier molecular flexibility index (Phi) is 5.74. The van der Waals surface area contributed by atoms with Crippen LogP contribution in [0.5, 0.6) is 5.75 Å². The molecule has 1 unspecified atom stereocenters. The molecule has 1 aliphatic rings. The van der Waals surface area contributed by atoms with Gasteiger partial charge in [-0.05, 0) is 48.6 Å². The maximum absolute atomic E-state index is 12.5. The molecule has 0 saturated carbocycles.